The largest absolute Gasteiger partial charge is 0.337 e. The lowest BCUT2D eigenvalue weighted by Gasteiger charge is -2.32. The molecular formula is C12H18BrN3O. The fraction of sp³-hybridized carbons (Fsp3) is 0.667. The second kappa shape index (κ2) is 5.67. The van der Waals surface area contributed by atoms with E-state index in [1.54, 1.807) is 16.9 Å². The van der Waals surface area contributed by atoms with Crippen LogP contribution in [0.15, 0.2) is 12.3 Å². The maximum absolute atomic E-state index is 12.3. The van der Waals surface area contributed by atoms with E-state index in [1.165, 1.54) is 6.42 Å². The summed E-state index contributed by atoms with van der Waals surface area (Å²) in [5.74, 6) is 0.754. The minimum Gasteiger partial charge on any atom is -0.337 e. The Morgan fingerprint density at radius 3 is 3.12 bits per heavy atom. The highest BCUT2D eigenvalue weighted by Gasteiger charge is 2.25. The number of carbonyl (C=O) groups excluding carboxylic acids is 1. The van der Waals surface area contributed by atoms with Gasteiger partial charge in [0.2, 0.25) is 0 Å². The first-order valence-corrected chi connectivity index (χ1v) is 7.17. The standard InChI is InChI=1S/C12H18BrN3O/c1-15-11(5-7-14-15)12(17)16-8-2-3-10(9-16)4-6-13/h5,7,10H,2-4,6,8-9H2,1H3. The van der Waals surface area contributed by atoms with Gasteiger partial charge in [0.1, 0.15) is 5.69 Å². The van der Waals surface area contributed by atoms with Crippen LogP contribution in [0.3, 0.4) is 0 Å². The lowest BCUT2D eigenvalue weighted by Crippen LogP contribution is -2.40. The van der Waals surface area contributed by atoms with E-state index >= 15 is 0 Å². The Kier molecular flexibility index (Phi) is 4.20. The van der Waals surface area contributed by atoms with E-state index in [-0.39, 0.29) is 5.91 Å². The molecule has 17 heavy (non-hydrogen) atoms. The number of hydrogen-bond donors (Lipinski definition) is 0. The van der Waals surface area contributed by atoms with Gasteiger partial charge in [0.25, 0.3) is 5.91 Å². The van der Waals surface area contributed by atoms with Crippen molar-refractivity contribution < 1.29 is 4.79 Å². The van der Waals surface area contributed by atoms with Crippen LogP contribution in [0, 0.1) is 5.92 Å². The summed E-state index contributed by atoms with van der Waals surface area (Å²) in [6.07, 6.45) is 5.17. The summed E-state index contributed by atoms with van der Waals surface area (Å²) in [6.45, 7) is 1.76. The van der Waals surface area contributed by atoms with Crippen molar-refractivity contribution in [3.8, 4) is 0 Å². The molecule has 0 radical (unpaired) electrons. The predicted molar refractivity (Wildman–Crippen MR) is 70.2 cm³/mol. The second-order valence-electron chi connectivity index (χ2n) is 4.58. The number of carbonyl (C=O) groups is 1. The molecule has 1 aliphatic heterocycles. The van der Waals surface area contributed by atoms with Gasteiger partial charge in [0.15, 0.2) is 0 Å². The van der Waals surface area contributed by atoms with E-state index < -0.39 is 0 Å². The van der Waals surface area contributed by atoms with Crippen molar-refractivity contribution in [3.63, 3.8) is 0 Å². The zero-order chi connectivity index (χ0) is 12.3. The monoisotopic (exact) mass is 299 g/mol. The van der Waals surface area contributed by atoms with E-state index in [1.807, 2.05) is 11.9 Å². The number of hydrogen-bond acceptors (Lipinski definition) is 2. The maximum atomic E-state index is 12.3. The van der Waals surface area contributed by atoms with Crippen LogP contribution in [-0.2, 0) is 7.05 Å². The van der Waals surface area contributed by atoms with Crippen molar-refractivity contribution in [2.24, 2.45) is 13.0 Å². The summed E-state index contributed by atoms with van der Waals surface area (Å²) in [6, 6.07) is 1.79. The van der Waals surface area contributed by atoms with Gasteiger partial charge in [-0.3, -0.25) is 9.48 Å². The Bertz CT molecular complexity index is 389. The number of alkyl halides is 1. The predicted octanol–water partition coefficient (Wildman–Crippen LogP) is 2.06. The Hall–Kier alpha value is -0.840. The lowest BCUT2D eigenvalue weighted by molar-refractivity contribution is 0.0661. The Balaban J connectivity index is 2.02. The molecule has 0 bridgehead atoms. The molecule has 1 aromatic rings. The molecule has 1 amide bonds. The smallest absolute Gasteiger partial charge is 0.272 e. The van der Waals surface area contributed by atoms with E-state index in [2.05, 4.69) is 21.0 Å². The van der Waals surface area contributed by atoms with Gasteiger partial charge in [0.05, 0.1) is 0 Å². The molecule has 1 aromatic heterocycles. The quantitative estimate of drug-likeness (QED) is 0.801. The third-order valence-electron chi connectivity index (χ3n) is 3.36. The van der Waals surface area contributed by atoms with Crippen LogP contribution in [-0.4, -0.2) is 39.0 Å². The minimum absolute atomic E-state index is 0.115. The highest BCUT2D eigenvalue weighted by molar-refractivity contribution is 9.09. The van der Waals surface area contributed by atoms with Crippen molar-refractivity contribution in [2.45, 2.75) is 19.3 Å². The van der Waals surface area contributed by atoms with E-state index in [4.69, 9.17) is 0 Å². The second-order valence-corrected chi connectivity index (χ2v) is 5.37. The number of amides is 1. The summed E-state index contributed by atoms with van der Waals surface area (Å²) in [5, 5.41) is 5.07. The summed E-state index contributed by atoms with van der Waals surface area (Å²) in [4.78, 5) is 14.3. The van der Waals surface area contributed by atoms with Crippen LogP contribution in [0.4, 0.5) is 0 Å². The number of nitrogens with zero attached hydrogens (tertiary/aromatic N) is 3. The molecule has 1 aliphatic rings. The zero-order valence-electron chi connectivity index (χ0n) is 10.1. The number of likely N-dealkylation sites (tertiary alicyclic amines) is 1. The average molecular weight is 300 g/mol. The van der Waals surface area contributed by atoms with Crippen LogP contribution in [0.2, 0.25) is 0 Å². The third kappa shape index (κ3) is 2.89. The fourth-order valence-corrected chi connectivity index (χ4v) is 3.03. The maximum Gasteiger partial charge on any atom is 0.272 e. The molecule has 2 heterocycles. The van der Waals surface area contributed by atoms with Gasteiger partial charge < -0.3 is 4.90 Å². The molecule has 1 saturated heterocycles. The number of piperidine rings is 1. The van der Waals surface area contributed by atoms with Gasteiger partial charge in [-0.05, 0) is 31.2 Å². The SMILES string of the molecule is Cn1nccc1C(=O)N1CCCC(CCBr)C1. The summed E-state index contributed by atoms with van der Waals surface area (Å²) < 4.78 is 1.65. The highest BCUT2D eigenvalue weighted by Crippen LogP contribution is 2.21. The highest BCUT2D eigenvalue weighted by atomic mass is 79.9. The molecule has 94 valence electrons. The number of halogens is 1. The van der Waals surface area contributed by atoms with Gasteiger partial charge in [-0.15, -0.1) is 0 Å². The molecule has 1 fully saturated rings. The summed E-state index contributed by atoms with van der Waals surface area (Å²) >= 11 is 3.47. The normalized spacial score (nSPS) is 20.6. The zero-order valence-corrected chi connectivity index (χ0v) is 11.7. The lowest BCUT2D eigenvalue weighted by atomic mass is 9.95. The molecular weight excluding hydrogens is 282 g/mol. The van der Waals surface area contributed by atoms with Gasteiger partial charge in [0, 0.05) is 31.7 Å². The third-order valence-corrected chi connectivity index (χ3v) is 3.82. The molecule has 0 aromatic carbocycles. The molecule has 2 rings (SSSR count). The van der Waals surface area contributed by atoms with Crippen LogP contribution >= 0.6 is 15.9 Å². The van der Waals surface area contributed by atoms with Crippen molar-refractivity contribution >= 4 is 21.8 Å². The van der Waals surface area contributed by atoms with Crippen molar-refractivity contribution in [2.75, 3.05) is 18.4 Å². The molecule has 0 spiro atoms. The van der Waals surface area contributed by atoms with Gasteiger partial charge in [-0.1, -0.05) is 15.9 Å². The van der Waals surface area contributed by atoms with E-state index in [0.29, 0.717) is 11.6 Å². The summed E-state index contributed by atoms with van der Waals surface area (Å²) in [7, 11) is 1.81. The summed E-state index contributed by atoms with van der Waals surface area (Å²) in [5.41, 5.74) is 0.685. The van der Waals surface area contributed by atoms with Crippen molar-refractivity contribution in [1.29, 1.82) is 0 Å². The molecule has 4 nitrogen and oxygen atoms in total. The number of rotatable bonds is 3. The molecule has 0 saturated carbocycles. The van der Waals surface area contributed by atoms with Crippen LogP contribution in [0.25, 0.3) is 0 Å². The van der Waals surface area contributed by atoms with Gasteiger partial charge >= 0.3 is 0 Å². The average Bonchev–Trinajstić information content (AvgIpc) is 2.75. The van der Waals surface area contributed by atoms with Gasteiger partial charge in [-0.25, -0.2) is 0 Å². The Morgan fingerprint density at radius 2 is 2.47 bits per heavy atom. The first kappa shape index (κ1) is 12.6. The fourth-order valence-electron chi connectivity index (χ4n) is 2.39. The topological polar surface area (TPSA) is 38.1 Å². The first-order valence-electron chi connectivity index (χ1n) is 6.05. The molecule has 1 unspecified atom stereocenters. The minimum atomic E-state index is 0.115. The van der Waals surface area contributed by atoms with Crippen LogP contribution in [0.5, 0.6) is 0 Å². The van der Waals surface area contributed by atoms with E-state index in [0.717, 1.165) is 31.3 Å². The van der Waals surface area contributed by atoms with Crippen LogP contribution < -0.4 is 0 Å². The molecule has 0 N–H and O–H groups in total. The van der Waals surface area contributed by atoms with Crippen LogP contribution in [0.1, 0.15) is 29.8 Å². The van der Waals surface area contributed by atoms with Crippen molar-refractivity contribution in [1.82, 2.24) is 14.7 Å². The number of aromatic nitrogens is 2. The number of aryl methyl sites for hydroxylation is 1. The molecule has 0 aliphatic carbocycles. The Labute approximate surface area is 110 Å². The molecule has 5 heteroatoms. The first-order chi connectivity index (χ1) is 8.22. The Morgan fingerprint density at radius 1 is 1.65 bits per heavy atom. The molecule has 1 atom stereocenters. The van der Waals surface area contributed by atoms with E-state index in [9.17, 15) is 4.79 Å². The van der Waals surface area contributed by atoms with Gasteiger partial charge in [-0.2, -0.15) is 5.10 Å². The van der Waals surface area contributed by atoms with Crippen molar-refractivity contribution in [3.05, 3.63) is 18.0 Å².